The van der Waals surface area contributed by atoms with Gasteiger partial charge in [-0.1, -0.05) is 0 Å². The maximum Gasteiger partial charge on any atom is 0.160 e. The van der Waals surface area contributed by atoms with Gasteiger partial charge in [0.15, 0.2) is 9.84 Å². The first kappa shape index (κ1) is 13.5. The largest absolute Gasteiger partial charge is 0.493 e. The van der Waals surface area contributed by atoms with Gasteiger partial charge in [0.1, 0.15) is 23.9 Å². The number of Topliss-reactive ketones (excluding diaryl/α,β-unsaturated/α-hetero) is 1. The van der Waals surface area contributed by atoms with Gasteiger partial charge >= 0.3 is 0 Å². The lowest BCUT2D eigenvalue weighted by Gasteiger charge is -2.06. The average Bonchev–Trinajstić information content (AvgIpc) is 2.18. The van der Waals surface area contributed by atoms with Crippen molar-refractivity contribution in [2.45, 2.75) is 6.92 Å². The van der Waals surface area contributed by atoms with Crippen LogP contribution in [0.2, 0.25) is 0 Å². The quantitative estimate of drug-likeness (QED) is 0.756. The molecule has 0 aliphatic heterocycles. The lowest BCUT2D eigenvalue weighted by atomic mass is 10.3. The number of hydrogen-bond acceptors (Lipinski definition) is 5. The van der Waals surface area contributed by atoms with Gasteiger partial charge in [0.25, 0.3) is 0 Å². The van der Waals surface area contributed by atoms with Crippen LogP contribution in [-0.4, -0.2) is 32.3 Å². The molecule has 0 unspecified atom stereocenters. The predicted molar refractivity (Wildman–Crippen MR) is 65.7 cm³/mol. The van der Waals surface area contributed by atoms with Crippen LogP contribution in [0, 0.1) is 0 Å². The molecular formula is C11H15NO4S. The summed E-state index contributed by atoms with van der Waals surface area (Å²) in [6, 6.07) is 6.65. The third kappa shape index (κ3) is 5.35. The van der Waals surface area contributed by atoms with E-state index in [0.717, 1.165) is 0 Å². The van der Waals surface area contributed by atoms with Gasteiger partial charge in [0.05, 0.1) is 5.75 Å². The number of nitrogens with two attached hydrogens (primary N) is 1. The van der Waals surface area contributed by atoms with E-state index in [0.29, 0.717) is 11.4 Å². The zero-order chi connectivity index (χ0) is 12.9. The minimum absolute atomic E-state index is 0.0273. The van der Waals surface area contributed by atoms with E-state index in [1.807, 2.05) is 0 Å². The molecule has 0 spiro atoms. The second-order valence-electron chi connectivity index (χ2n) is 3.71. The van der Waals surface area contributed by atoms with Crippen molar-refractivity contribution in [2.75, 3.05) is 23.8 Å². The predicted octanol–water partition coefficient (Wildman–Crippen LogP) is 0.651. The number of ether oxygens (including phenoxy) is 1. The van der Waals surface area contributed by atoms with Crippen molar-refractivity contribution in [3.05, 3.63) is 24.3 Å². The zero-order valence-electron chi connectivity index (χ0n) is 9.55. The second kappa shape index (κ2) is 5.67. The molecule has 2 N–H and O–H groups in total. The number of rotatable bonds is 6. The maximum absolute atomic E-state index is 11.4. The molecule has 0 bridgehead atoms. The molecule has 1 aromatic carbocycles. The lowest BCUT2D eigenvalue weighted by molar-refractivity contribution is -0.114. The monoisotopic (exact) mass is 257 g/mol. The Kier molecular flexibility index (Phi) is 4.51. The Balaban J connectivity index is 2.42. The van der Waals surface area contributed by atoms with Crippen molar-refractivity contribution in [1.82, 2.24) is 0 Å². The summed E-state index contributed by atoms with van der Waals surface area (Å²) in [7, 11) is -3.36. The smallest absolute Gasteiger partial charge is 0.160 e. The molecule has 0 aliphatic carbocycles. The van der Waals surface area contributed by atoms with Crippen LogP contribution in [0.25, 0.3) is 0 Å². The van der Waals surface area contributed by atoms with Gasteiger partial charge in [-0.05, 0) is 31.2 Å². The molecular weight excluding hydrogens is 242 g/mol. The molecule has 5 nitrogen and oxygen atoms in total. The molecule has 0 saturated carbocycles. The van der Waals surface area contributed by atoms with Crippen molar-refractivity contribution in [3.63, 3.8) is 0 Å². The summed E-state index contributed by atoms with van der Waals surface area (Å²) in [5, 5.41) is 0. The van der Waals surface area contributed by atoms with Crippen LogP contribution in [0.4, 0.5) is 5.69 Å². The average molecular weight is 257 g/mol. The molecule has 1 aromatic rings. The van der Waals surface area contributed by atoms with Crippen LogP contribution < -0.4 is 10.5 Å². The summed E-state index contributed by atoms with van der Waals surface area (Å²) in [6.07, 6.45) is 0. The molecule has 17 heavy (non-hydrogen) atoms. The molecule has 0 aliphatic rings. The highest BCUT2D eigenvalue weighted by atomic mass is 32.2. The highest BCUT2D eigenvalue weighted by molar-refractivity contribution is 7.92. The first-order chi connectivity index (χ1) is 7.89. The van der Waals surface area contributed by atoms with E-state index < -0.39 is 15.6 Å². The van der Waals surface area contributed by atoms with Gasteiger partial charge in [-0.15, -0.1) is 0 Å². The number of nitrogen functional groups attached to an aromatic ring is 1. The van der Waals surface area contributed by atoms with Crippen LogP contribution in [0.15, 0.2) is 24.3 Å². The molecule has 0 atom stereocenters. The minimum atomic E-state index is -3.36. The fourth-order valence-electron chi connectivity index (χ4n) is 1.23. The normalized spacial score (nSPS) is 11.1. The van der Waals surface area contributed by atoms with Gasteiger partial charge < -0.3 is 10.5 Å². The van der Waals surface area contributed by atoms with Crippen LogP contribution >= 0.6 is 0 Å². The third-order valence-electron chi connectivity index (χ3n) is 1.97. The van der Waals surface area contributed by atoms with E-state index in [2.05, 4.69) is 0 Å². The summed E-state index contributed by atoms with van der Waals surface area (Å²) < 4.78 is 28.0. The first-order valence-electron chi connectivity index (χ1n) is 5.07. The Bertz CT molecular complexity index is 479. The Morgan fingerprint density at radius 3 is 2.41 bits per heavy atom. The third-order valence-corrected chi connectivity index (χ3v) is 3.60. The van der Waals surface area contributed by atoms with Crippen LogP contribution in [0.1, 0.15) is 6.92 Å². The van der Waals surface area contributed by atoms with Gasteiger partial charge in [-0.25, -0.2) is 8.42 Å². The molecule has 0 saturated heterocycles. The molecule has 0 amide bonds. The van der Waals surface area contributed by atoms with E-state index in [1.165, 1.54) is 6.92 Å². The lowest BCUT2D eigenvalue weighted by Crippen LogP contribution is -2.20. The Labute approximate surface area is 100 Å². The van der Waals surface area contributed by atoms with Gasteiger partial charge in [-0.3, -0.25) is 4.79 Å². The van der Waals surface area contributed by atoms with E-state index in [-0.39, 0.29) is 18.1 Å². The summed E-state index contributed by atoms with van der Waals surface area (Å²) in [4.78, 5) is 10.7. The Morgan fingerprint density at radius 1 is 1.29 bits per heavy atom. The molecule has 6 heteroatoms. The molecule has 94 valence electrons. The van der Waals surface area contributed by atoms with Gasteiger partial charge in [-0.2, -0.15) is 0 Å². The fourth-order valence-corrected chi connectivity index (χ4v) is 2.33. The highest BCUT2D eigenvalue weighted by Crippen LogP contribution is 2.12. The Hall–Kier alpha value is -1.56. The second-order valence-corrected chi connectivity index (χ2v) is 5.90. The SMILES string of the molecule is CC(=O)CS(=O)(=O)CCOc1ccc(N)cc1. The summed E-state index contributed by atoms with van der Waals surface area (Å²) >= 11 is 0. The van der Waals surface area contributed by atoms with Gasteiger partial charge in [0.2, 0.25) is 0 Å². The van der Waals surface area contributed by atoms with Crippen molar-refractivity contribution < 1.29 is 17.9 Å². The maximum atomic E-state index is 11.4. The van der Waals surface area contributed by atoms with Crippen molar-refractivity contribution in [1.29, 1.82) is 0 Å². The van der Waals surface area contributed by atoms with Crippen molar-refractivity contribution in [3.8, 4) is 5.75 Å². The number of ketones is 1. The molecule has 0 aromatic heterocycles. The number of sulfone groups is 1. The summed E-state index contributed by atoms with van der Waals surface area (Å²) in [6.45, 7) is 1.28. The van der Waals surface area contributed by atoms with Crippen LogP contribution in [0.3, 0.4) is 0 Å². The van der Waals surface area contributed by atoms with E-state index in [1.54, 1.807) is 24.3 Å². The first-order valence-corrected chi connectivity index (χ1v) is 6.89. The number of benzene rings is 1. The van der Waals surface area contributed by atoms with Crippen LogP contribution in [-0.2, 0) is 14.6 Å². The number of hydrogen-bond donors (Lipinski definition) is 1. The zero-order valence-corrected chi connectivity index (χ0v) is 10.4. The number of anilines is 1. The molecule has 0 radical (unpaired) electrons. The van der Waals surface area contributed by atoms with Crippen molar-refractivity contribution >= 4 is 21.3 Å². The van der Waals surface area contributed by atoms with Crippen LogP contribution in [0.5, 0.6) is 5.75 Å². The minimum Gasteiger partial charge on any atom is -0.493 e. The van der Waals surface area contributed by atoms with E-state index >= 15 is 0 Å². The summed E-state index contributed by atoms with van der Waals surface area (Å²) in [5.74, 6) is -0.413. The summed E-state index contributed by atoms with van der Waals surface area (Å²) in [5.41, 5.74) is 6.10. The van der Waals surface area contributed by atoms with Gasteiger partial charge in [0, 0.05) is 5.69 Å². The number of carbonyl (C=O) groups excluding carboxylic acids is 1. The van der Waals surface area contributed by atoms with E-state index in [4.69, 9.17) is 10.5 Å². The topological polar surface area (TPSA) is 86.5 Å². The molecule has 1 rings (SSSR count). The Morgan fingerprint density at radius 2 is 1.88 bits per heavy atom. The highest BCUT2D eigenvalue weighted by Gasteiger charge is 2.13. The fraction of sp³-hybridized carbons (Fsp3) is 0.364. The standard InChI is InChI=1S/C11H15NO4S/c1-9(13)8-17(14,15)7-6-16-11-4-2-10(12)3-5-11/h2-5H,6-8,12H2,1H3. The molecule has 0 fully saturated rings. The van der Waals surface area contributed by atoms with Crippen molar-refractivity contribution in [2.24, 2.45) is 0 Å². The number of carbonyl (C=O) groups is 1. The molecule has 0 heterocycles. The van der Waals surface area contributed by atoms with E-state index in [9.17, 15) is 13.2 Å².